The second-order valence-corrected chi connectivity index (χ2v) is 4.48. The van der Waals surface area contributed by atoms with E-state index < -0.39 is 0 Å². The van der Waals surface area contributed by atoms with Crippen LogP contribution in [0.4, 0.5) is 0 Å². The van der Waals surface area contributed by atoms with Crippen LogP contribution in [0.15, 0.2) is 30.5 Å². The van der Waals surface area contributed by atoms with Gasteiger partial charge in [0.2, 0.25) is 0 Å². The van der Waals surface area contributed by atoms with Crippen LogP contribution in [0, 0.1) is 13.8 Å². The monoisotopic (exact) mass is 258 g/mol. The van der Waals surface area contributed by atoms with Gasteiger partial charge in [-0.15, -0.1) is 0 Å². The number of benzene rings is 1. The first-order chi connectivity index (χ1) is 8.66. The van der Waals surface area contributed by atoms with Crippen molar-refractivity contribution >= 4 is 22.5 Å². The summed E-state index contributed by atoms with van der Waals surface area (Å²) in [4.78, 5) is 8.57. The molecule has 0 saturated carbocycles. The Bertz CT molecular complexity index is 733. The van der Waals surface area contributed by atoms with Crippen LogP contribution >= 0.6 is 11.6 Å². The zero-order valence-electron chi connectivity index (χ0n) is 10.1. The van der Waals surface area contributed by atoms with Gasteiger partial charge in [-0.2, -0.15) is 5.10 Å². The summed E-state index contributed by atoms with van der Waals surface area (Å²) in [6.07, 6.45) is 1.82. The Balaban J connectivity index is 2.33. The Morgan fingerprint density at radius 1 is 1.11 bits per heavy atom. The highest BCUT2D eigenvalue weighted by Gasteiger charge is 2.12. The SMILES string of the molecule is Cc1nc(Cl)c(C)c(-n2ncc3ccccc32)n1. The van der Waals surface area contributed by atoms with Gasteiger partial charge in [0.05, 0.1) is 11.7 Å². The standard InChI is InChI=1S/C13H11ClN4/c1-8-12(14)16-9(2)17-13(8)18-11-6-4-3-5-10(11)7-15-18/h3-7H,1-2H3. The Morgan fingerprint density at radius 3 is 2.72 bits per heavy atom. The van der Waals surface area contributed by atoms with Crippen LogP contribution in [-0.2, 0) is 0 Å². The van der Waals surface area contributed by atoms with Crippen molar-refractivity contribution in [3.05, 3.63) is 47.0 Å². The van der Waals surface area contributed by atoms with Crippen LogP contribution < -0.4 is 0 Å². The molecular formula is C13H11ClN4. The van der Waals surface area contributed by atoms with E-state index in [0.29, 0.717) is 11.0 Å². The van der Waals surface area contributed by atoms with E-state index in [1.165, 1.54) is 0 Å². The minimum absolute atomic E-state index is 0.470. The predicted octanol–water partition coefficient (Wildman–Crippen LogP) is 3.09. The molecule has 0 aliphatic carbocycles. The van der Waals surface area contributed by atoms with E-state index >= 15 is 0 Å². The maximum absolute atomic E-state index is 6.09. The number of aryl methyl sites for hydroxylation is 1. The van der Waals surface area contributed by atoms with Gasteiger partial charge in [0.15, 0.2) is 5.82 Å². The van der Waals surface area contributed by atoms with Gasteiger partial charge in [-0.3, -0.25) is 0 Å². The third-order valence-corrected chi connectivity index (χ3v) is 3.22. The molecule has 0 fully saturated rings. The molecule has 0 N–H and O–H groups in total. The van der Waals surface area contributed by atoms with Crippen molar-refractivity contribution in [2.75, 3.05) is 0 Å². The van der Waals surface area contributed by atoms with Gasteiger partial charge in [-0.05, 0) is 19.9 Å². The van der Waals surface area contributed by atoms with E-state index in [2.05, 4.69) is 15.1 Å². The van der Waals surface area contributed by atoms with Crippen molar-refractivity contribution in [2.45, 2.75) is 13.8 Å². The van der Waals surface area contributed by atoms with Gasteiger partial charge in [0.25, 0.3) is 0 Å². The lowest BCUT2D eigenvalue weighted by Crippen LogP contribution is -2.05. The fourth-order valence-electron chi connectivity index (χ4n) is 1.93. The first-order valence-electron chi connectivity index (χ1n) is 5.60. The zero-order valence-corrected chi connectivity index (χ0v) is 10.8. The summed E-state index contributed by atoms with van der Waals surface area (Å²) < 4.78 is 1.80. The van der Waals surface area contributed by atoms with E-state index in [-0.39, 0.29) is 0 Å². The lowest BCUT2D eigenvalue weighted by atomic mass is 10.2. The second kappa shape index (κ2) is 4.07. The molecule has 3 rings (SSSR count). The highest BCUT2D eigenvalue weighted by atomic mass is 35.5. The van der Waals surface area contributed by atoms with E-state index in [4.69, 9.17) is 11.6 Å². The average molecular weight is 259 g/mol. The van der Waals surface area contributed by atoms with Crippen molar-refractivity contribution in [3.8, 4) is 5.82 Å². The summed E-state index contributed by atoms with van der Waals surface area (Å²) in [7, 11) is 0. The summed E-state index contributed by atoms with van der Waals surface area (Å²) in [5, 5.41) is 5.92. The first kappa shape index (κ1) is 11.2. The van der Waals surface area contributed by atoms with E-state index in [1.807, 2.05) is 44.3 Å². The molecule has 2 aromatic heterocycles. The van der Waals surface area contributed by atoms with Gasteiger partial charge in [-0.25, -0.2) is 14.6 Å². The number of hydrogen-bond donors (Lipinski definition) is 0. The zero-order chi connectivity index (χ0) is 12.7. The molecule has 2 heterocycles. The maximum atomic E-state index is 6.09. The van der Waals surface area contributed by atoms with Gasteiger partial charge >= 0.3 is 0 Å². The molecule has 0 saturated heterocycles. The molecule has 3 aromatic rings. The Hall–Kier alpha value is -1.94. The van der Waals surface area contributed by atoms with Gasteiger partial charge in [0, 0.05) is 10.9 Å². The number of aromatic nitrogens is 4. The Kier molecular flexibility index (Phi) is 2.52. The quantitative estimate of drug-likeness (QED) is 0.630. The topological polar surface area (TPSA) is 43.6 Å². The number of hydrogen-bond acceptors (Lipinski definition) is 3. The predicted molar refractivity (Wildman–Crippen MR) is 71.1 cm³/mol. The molecule has 0 aliphatic heterocycles. The van der Waals surface area contributed by atoms with Crippen LogP contribution in [0.2, 0.25) is 5.15 Å². The molecule has 18 heavy (non-hydrogen) atoms. The normalized spacial score (nSPS) is 11.1. The maximum Gasteiger partial charge on any atom is 0.162 e. The summed E-state index contributed by atoms with van der Waals surface area (Å²) in [5.74, 6) is 1.37. The molecule has 0 atom stereocenters. The molecule has 0 radical (unpaired) electrons. The van der Waals surface area contributed by atoms with Crippen molar-refractivity contribution in [2.24, 2.45) is 0 Å². The van der Waals surface area contributed by atoms with Gasteiger partial charge in [-0.1, -0.05) is 29.8 Å². The third-order valence-electron chi connectivity index (χ3n) is 2.85. The number of fused-ring (bicyclic) bond motifs is 1. The van der Waals surface area contributed by atoms with Crippen LogP contribution in [0.5, 0.6) is 0 Å². The molecule has 0 bridgehead atoms. The number of halogens is 1. The van der Waals surface area contributed by atoms with Crippen LogP contribution in [0.1, 0.15) is 11.4 Å². The average Bonchev–Trinajstić information content (AvgIpc) is 2.77. The molecule has 4 nitrogen and oxygen atoms in total. The van der Waals surface area contributed by atoms with Crippen molar-refractivity contribution in [3.63, 3.8) is 0 Å². The number of para-hydroxylation sites is 1. The molecule has 0 amide bonds. The fourth-order valence-corrected chi connectivity index (χ4v) is 2.13. The molecule has 1 aromatic carbocycles. The molecular weight excluding hydrogens is 248 g/mol. The summed E-state index contributed by atoms with van der Waals surface area (Å²) in [6, 6.07) is 7.99. The largest absolute Gasteiger partial charge is 0.221 e. The summed E-state index contributed by atoms with van der Waals surface area (Å²) in [5.41, 5.74) is 1.84. The van der Waals surface area contributed by atoms with E-state index in [9.17, 15) is 0 Å². The first-order valence-corrected chi connectivity index (χ1v) is 5.98. The summed E-state index contributed by atoms with van der Waals surface area (Å²) >= 11 is 6.09. The van der Waals surface area contributed by atoms with Gasteiger partial charge < -0.3 is 0 Å². The minimum Gasteiger partial charge on any atom is -0.221 e. The Labute approximate surface area is 109 Å². The lowest BCUT2D eigenvalue weighted by molar-refractivity contribution is 0.840. The van der Waals surface area contributed by atoms with Crippen LogP contribution in [0.3, 0.4) is 0 Å². The number of rotatable bonds is 1. The molecule has 0 spiro atoms. The Morgan fingerprint density at radius 2 is 1.89 bits per heavy atom. The summed E-state index contributed by atoms with van der Waals surface area (Å²) in [6.45, 7) is 3.72. The van der Waals surface area contributed by atoms with Gasteiger partial charge in [0.1, 0.15) is 11.0 Å². The third kappa shape index (κ3) is 1.66. The van der Waals surface area contributed by atoms with Crippen molar-refractivity contribution in [1.29, 1.82) is 0 Å². The molecule has 5 heteroatoms. The second-order valence-electron chi connectivity index (χ2n) is 4.13. The van der Waals surface area contributed by atoms with Crippen LogP contribution in [-0.4, -0.2) is 19.7 Å². The van der Waals surface area contributed by atoms with Crippen molar-refractivity contribution < 1.29 is 0 Å². The van der Waals surface area contributed by atoms with Crippen molar-refractivity contribution in [1.82, 2.24) is 19.7 Å². The number of nitrogens with zero attached hydrogens (tertiary/aromatic N) is 4. The smallest absolute Gasteiger partial charge is 0.162 e. The molecule has 0 aliphatic rings. The molecule has 90 valence electrons. The van der Waals surface area contributed by atoms with Crippen LogP contribution in [0.25, 0.3) is 16.7 Å². The highest BCUT2D eigenvalue weighted by molar-refractivity contribution is 6.30. The lowest BCUT2D eigenvalue weighted by Gasteiger charge is -2.08. The van der Waals surface area contributed by atoms with E-state index in [1.54, 1.807) is 4.68 Å². The fraction of sp³-hybridized carbons (Fsp3) is 0.154. The van der Waals surface area contributed by atoms with E-state index in [0.717, 1.165) is 22.3 Å². The highest BCUT2D eigenvalue weighted by Crippen LogP contribution is 2.22. The molecule has 0 unspecified atom stereocenters. The minimum atomic E-state index is 0.470.